The Kier molecular flexibility index (Phi) is 5.76. The summed E-state index contributed by atoms with van der Waals surface area (Å²) in [4.78, 5) is 0. The normalized spacial score (nSPS) is 10.3. The Morgan fingerprint density at radius 1 is 1.29 bits per heavy atom. The van der Waals surface area contributed by atoms with Crippen molar-refractivity contribution >= 4 is 26.2 Å². The number of hydrogen-bond acceptors (Lipinski definition) is 2. The van der Waals surface area contributed by atoms with Crippen LogP contribution in [0.5, 0.6) is 0 Å². The van der Waals surface area contributed by atoms with E-state index in [1.807, 2.05) is 20.8 Å². The summed E-state index contributed by atoms with van der Waals surface area (Å²) in [5, 5.41) is 0. The van der Waals surface area contributed by atoms with Gasteiger partial charge in [-0.2, -0.15) is 0 Å². The van der Waals surface area contributed by atoms with Crippen molar-refractivity contribution in [1.29, 1.82) is 0 Å². The fraction of sp³-hybridized carbons (Fsp3) is 1.00. The summed E-state index contributed by atoms with van der Waals surface area (Å²) in [7, 11) is 0. The van der Waals surface area contributed by atoms with E-state index in [2.05, 4.69) is 5.43 Å². The van der Waals surface area contributed by atoms with Gasteiger partial charge in [0, 0.05) is 31.7 Å². The van der Waals surface area contributed by atoms with Gasteiger partial charge in [-0.1, -0.05) is 0 Å². The fourth-order valence-electron chi connectivity index (χ4n) is 0. The van der Waals surface area contributed by atoms with E-state index < -0.39 is 0 Å². The average molecular weight is 297 g/mol. The van der Waals surface area contributed by atoms with Crippen LogP contribution in [0.3, 0.4) is 0 Å². The summed E-state index contributed by atoms with van der Waals surface area (Å²) in [6.45, 7) is 6.02. The van der Waals surface area contributed by atoms with E-state index in [0.717, 1.165) is 0 Å². The molecule has 0 aliphatic heterocycles. The first-order valence-electron chi connectivity index (χ1n) is 2.04. The number of nitrogens with two attached hydrogens (primary N) is 1. The summed E-state index contributed by atoms with van der Waals surface area (Å²) in [5.74, 6) is 5.06. The van der Waals surface area contributed by atoms with Crippen molar-refractivity contribution in [3.63, 3.8) is 0 Å². The third kappa shape index (κ3) is 10.9. The summed E-state index contributed by atoms with van der Waals surface area (Å²) >= 11 is 0. The van der Waals surface area contributed by atoms with Crippen LogP contribution in [0.4, 0.5) is 0 Å². The van der Waals surface area contributed by atoms with E-state index >= 15 is 0 Å². The van der Waals surface area contributed by atoms with Crippen LogP contribution in [0, 0.1) is 0 Å². The van der Waals surface area contributed by atoms with Gasteiger partial charge >= 0.3 is 0 Å². The van der Waals surface area contributed by atoms with E-state index in [1.54, 1.807) is 0 Å². The van der Waals surface area contributed by atoms with Gasteiger partial charge in [-0.05, 0) is 20.8 Å². The summed E-state index contributed by atoms with van der Waals surface area (Å²) < 4.78 is 0. The molecule has 0 saturated heterocycles. The first kappa shape index (κ1) is 10.7. The monoisotopic (exact) mass is 297 g/mol. The molecule has 0 atom stereocenters. The molecule has 3 heteroatoms. The minimum absolute atomic E-state index is 0. The Morgan fingerprint density at radius 2 is 1.43 bits per heavy atom. The maximum absolute atomic E-state index is 5.06. The molecule has 0 rings (SSSR count). The Labute approximate surface area is 63.9 Å². The molecule has 0 amide bonds. The van der Waals surface area contributed by atoms with Crippen LogP contribution >= 0.6 is 0 Å². The van der Waals surface area contributed by atoms with Crippen LogP contribution < -0.4 is 11.3 Å². The van der Waals surface area contributed by atoms with Crippen LogP contribution in [-0.2, 0) is 0 Å². The number of hydrazine groups is 1. The maximum Gasteiger partial charge on any atom is 0.0236 e. The van der Waals surface area contributed by atoms with E-state index in [9.17, 15) is 0 Å². The number of nitrogens with one attached hydrogen (secondary N) is 1. The smallest absolute Gasteiger partial charge is 0.0236 e. The van der Waals surface area contributed by atoms with Crippen LogP contribution in [0.25, 0.3) is 0 Å². The van der Waals surface area contributed by atoms with Crippen molar-refractivity contribution < 1.29 is 0 Å². The van der Waals surface area contributed by atoms with E-state index in [0.29, 0.717) is 0 Å². The van der Waals surface area contributed by atoms with Gasteiger partial charge in [0.25, 0.3) is 0 Å². The largest absolute Gasteiger partial charge is 0.271 e. The van der Waals surface area contributed by atoms with Crippen LogP contribution in [0.2, 0.25) is 0 Å². The van der Waals surface area contributed by atoms with Gasteiger partial charge in [-0.25, -0.2) is 0 Å². The quantitative estimate of drug-likeness (QED) is 0.371. The minimum Gasteiger partial charge on any atom is -0.271 e. The molecule has 43 valence electrons. The SMILES string of the molecule is CC(C)(C)NN.[Bi]. The molecule has 0 saturated carbocycles. The van der Waals surface area contributed by atoms with Crippen molar-refractivity contribution in [3.8, 4) is 0 Å². The number of hydrogen-bond donors (Lipinski definition) is 2. The second-order valence-electron chi connectivity index (χ2n) is 2.39. The van der Waals surface area contributed by atoms with Crippen molar-refractivity contribution in [3.05, 3.63) is 0 Å². The Balaban J connectivity index is 0. The van der Waals surface area contributed by atoms with Crippen LogP contribution in [0.1, 0.15) is 20.8 Å². The molecule has 3 radical (unpaired) electrons. The van der Waals surface area contributed by atoms with Crippen molar-refractivity contribution in [2.24, 2.45) is 5.84 Å². The molecule has 0 aliphatic carbocycles. The van der Waals surface area contributed by atoms with Gasteiger partial charge in [-0.3, -0.25) is 11.3 Å². The van der Waals surface area contributed by atoms with Crippen LogP contribution in [-0.4, -0.2) is 31.7 Å². The molecule has 0 aromatic heterocycles. The minimum atomic E-state index is 0. The zero-order valence-corrected chi connectivity index (χ0v) is 8.50. The molecule has 0 fully saturated rings. The topological polar surface area (TPSA) is 38.0 Å². The summed E-state index contributed by atoms with van der Waals surface area (Å²) in [6, 6.07) is 0. The Morgan fingerprint density at radius 3 is 1.43 bits per heavy atom. The fourth-order valence-corrected chi connectivity index (χ4v) is 0. The molecule has 0 aliphatic rings. The molecule has 0 heterocycles. The molecule has 0 aromatic rings. The molecular formula is C4H12BiN2. The molecule has 2 nitrogen and oxygen atoms in total. The second kappa shape index (κ2) is 3.76. The average Bonchev–Trinajstić information content (AvgIpc) is 1.35. The van der Waals surface area contributed by atoms with E-state index in [4.69, 9.17) is 5.84 Å². The standard InChI is InChI=1S/C4H12N2.Bi/c1-4(2,3)6-5;/h6H,5H2,1-3H3;. The maximum atomic E-state index is 5.06. The molecular weight excluding hydrogens is 285 g/mol. The van der Waals surface area contributed by atoms with E-state index in [-0.39, 0.29) is 31.7 Å². The third-order valence-electron chi connectivity index (χ3n) is 0.433. The molecule has 3 N–H and O–H groups in total. The van der Waals surface area contributed by atoms with Gasteiger partial charge in [0.15, 0.2) is 0 Å². The zero-order valence-electron chi connectivity index (χ0n) is 5.02. The molecule has 0 aromatic carbocycles. The summed E-state index contributed by atoms with van der Waals surface area (Å²) in [6.07, 6.45) is 0. The van der Waals surface area contributed by atoms with Gasteiger partial charge < -0.3 is 0 Å². The van der Waals surface area contributed by atoms with Gasteiger partial charge in [0.1, 0.15) is 0 Å². The molecule has 0 unspecified atom stereocenters. The van der Waals surface area contributed by atoms with Crippen LogP contribution in [0.15, 0.2) is 0 Å². The van der Waals surface area contributed by atoms with Crippen molar-refractivity contribution in [2.45, 2.75) is 26.3 Å². The predicted octanol–water partition coefficient (Wildman–Crippen LogP) is -0.133. The second-order valence-corrected chi connectivity index (χ2v) is 2.39. The van der Waals surface area contributed by atoms with Gasteiger partial charge in [0.2, 0.25) is 0 Å². The Bertz CT molecular complexity index is 39.4. The third-order valence-corrected chi connectivity index (χ3v) is 0.433. The van der Waals surface area contributed by atoms with Crippen molar-refractivity contribution in [2.75, 3.05) is 0 Å². The zero-order chi connectivity index (χ0) is 5.21. The van der Waals surface area contributed by atoms with Crippen molar-refractivity contribution in [1.82, 2.24) is 5.43 Å². The van der Waals surface area contributed by atoms with Gasteiger partial charge in [-0.15, -0.1) is 0 Å². The molecule has 0 bridgehead atoms. The first-order valence-corrected chi connectivity index (χ1v) is 2.04. The Hall–Kier alpha value is 0.803. The number of rotatable bonds is 0. The van der Waals surface area contributed by atoms with Gasteiger partial charge in [0.05, 0.1) is 0 Å². The van der Waals surface area contributed by atoms with E-state index in [1.165, 1.54) is 0 Å². The summed E-state index contributed by atoms with van der Waals surface area (Å²) in [5.41, 5.74) is 2.67. The predicted molar refractivity (Wildman–Crippen MR) is 32.8 cm³/mol. The molecule has 7 heavy (non-hydrogen) atoms. The first-order chi connectivity index (χ1) is 2.56. The molecule has 0 spiro atoms.